The SMILES string of the molecule is CSc1cccc(/C(C)=N/N=C(N)N)c1. The van der Waals surface area contributed by atoms with Crippen molar-refractivity contribution < 1.29 is 0 Å². The van der Waals surface area contributed by atoms with Crippen LogP contribution in [0.25, 0.3) is 0 Å². The minimum Gasteiger partial charge on any atom is -0.369 e. The van der Waals surface area contributed by atoms with E-state index in [4.69, 9.17) is 11.5 Å². The predicted octanol–water partition coefficient (Wildman–Crippen LogP) is 1.41. The maximum atomic E-state index is 5.19. The zero-order valence-corrected chi connectivity index (χ0v) is 9.58. The molecule has 0 aliphatic heterocycles. The summed E-state index contributed by atoms with van der Waals surface area (Å²) in [4.78, 5) is 1.19. The Bertz CT molecular complexity index is 394. The van der Waals surface area contributed by atoms with Gasteiger partial charge in [-0.3, -0.25) is 0 Å². The number of guanidine groups is 1. The lowest BCUT2D eigenvalue weighted by Gasteiger charge is -2.01. The van der Waals surface area contributed by atoms with Gasteiger partial charge in [-0.05, 0) is 30.9 Å². The third-order valence-electron chi connectivity index (χ3n) is 1.80. The van der Waals surface area contributed by atoms with E-state index >= 15 is 0 Å². The summed E-state index contributed by atoms with van der Waals surface area (Å²) in [6, 6.07) is 8.05. The fourth-order valence-corrected chi connectivity index (χ4v) is 1.50. The van der Waals surface area contributed by atoms with Crippen molar-refractivity contribution >= 4 is 23.4 Å². The fraction of sp³-hybridized carbons (Fsp3) is 0.200. The molecule has 0 bridgehead atoms. The van der Waals surface area contributed by atoms with Crippen LogP contribution < -0.4 is 11.5 Å². The van der Waals surface area contributed by atoms with E-state index in [0.29, 0.717) is 0 Å². The molecule has 0 saturated heterocycles. The molecule has 0 unspecified atom stereocenters. The average molecular weight is 222 g/mol. The van der Waals surface area contributed by atoms with Gasteiger partial charge in [-0.25, -0.2) is 0 Å². The molecule has 0 aliphatic carbocycles. The molecule has 1 aromatic rings. The molecule has 0 fully saturated rings. The summed E-state index contributed by atoms with van der Waals surface area (Å²) in [6.07, 6.45) is 2.03. The van der Waals surface area contributed by atoms with Crippen LogP contribution in [-0.4, -0.2) is 17.9 Å². The van der Waals surface area contributed by atoms with Gasteiger partial charge in [0.25, 0.3) is 0 Å². The van der Waals surface area contributed by atoms with Crippen LogP contribution in [0.1, 0.15) is 12.5 Å². The van der Waals surface area contributed by atoms with E-state index in [9.17, 15) is 0 Å². The number of benzene rings is 1. The van der Waals surface area contributed by atoms with Gasteiger partial charge in [-0.1, -0.05) is 12.1 Å². The lowest BCUT2D eigenvalue weighted by Crippen LogP contribution is -2.22. The van der Waals surface area contributed by atoms with Gasteiger partial charge in [0.2, 0.25) is 5.96 Å². The molecule has 15 heavy (non-hydrogen) atoms. The molecule has 80 valence electrons. The van der Waals surface area contributed by atoms with Crippen LogP contribution in [0.4, 0.5) is 0 Å². The summed E-state index contributed by atoms with van der Waals surface area (Å²) in [5, 5.41) is 7.52. The van der Waals surface area contributed by atoms with Crippen LogP contribution in [0.5, 0.6) is 0 Å². The smallest absolute Gasteiger partial charge is 0.211 e. The van der Waals surface area contributed by atoms with E-state index in [-0.39, 0.29) is 5.96 Å². The molecule has 0 amide bonds. The molecule has 1 rings (SSSR count). The second-order valence-corrected chi connectivity index (χ2v) is 3.82. The van der Waals surface area contributed by atoms with E-state index in [1.165, 1.54) is 4.90 Å². The first-order valence-corrected chi connectivity index (χ1v) is 5.63. The van der Waals surface area contributed by atoms with Crippen LogP contribution in [0.2, 0.25) is 0 Å². The van der Waals surface area contributed by atoms with Crippen molar-refractivity contribution in [1.29, 1.82) is 0 Å². The highest BCUT2D eigenvalue weighted by Gasteiger charge is 1.98. The monoisotopic (exact) mass is 222 g/mol. The fourth-order valence-electron chi connectivity index (χ4n) is 1.04. The molecule has 0 heterocycles. The lowest BCUT2D eigenvalue weighted by atomic mass is 10.1. The molecular formula is C10H14N4S. The quantitative estimate of drug-likeness (QED) is 0.351. The highest BCUT2D eigenvalue weighted by Crippen LogP contribution is 2.16. The van der Waals surface area contributed by atoms with Gasteiger partial charge >= 0.3 is 0 Å². The molecule has 0 saturated carbocycles. The number of nitrogens with two attached hydrogens (primary N) is 2. The highest BCUT2D eigenvalue weighted by molar-refractivity contribution is 7.98. The molecular weight excluding hydrogens is 208 g/mol. The van der Waals surface area contributed by atoms with Crippen LogP contribution in [0.3, 0.4) is 0 Å². The van der Waals surface area contributed by atoms with Gasteiger partial charge in [-0.15, -0.1) is 16.9 Å². The minimum absolute atomic E-state index is 0.0321. The van der Waals surface area contributed by atoms with Crippen LogP contribution in [-0.2, 0) is 0 Å². The van der Waals surface area contributed by atoms with Crippen LogP contribution in [0.15, 0.2) is 39.4 Å². The standard InChI is InChI=1S/C10H14N4S/c1-7(13-14-10(11)12)8-4-3-5-9(6-8)15-2/h3-6H,1-2H3,(H4,11,12,14)/b13-7+. The Hall–Kier alpha value is -1.49. The maximum absolute atomic E-state index is 5.19. The van der Waals surface area contributed by atoms with E-state index in [1.807, 2.05) is 37.4 Å². The molecule has 5 heteroatoms. The first kappa shape index (κ1) is 11.6. The second kappa shape index (κ2) is 5.41. The summed E-state index contributed by atoms with van der Waals surface area (Å²) in [7, 11) is 0. The van der Waals surface area contributed by atoms with Gasteiger partial charge < -0.3 is 11.5 Å². The van der Waals surface area contributed by atoms with Gasteiger partial charge in [0.15, 0.2) is 0 Å². The van der Waals surface area contributed by atoms with Crippen molar-refractivity contribution in [2.45, 2.75) is 11.8 Å². The molecule has 0 atom stereocenters. The van der Waals surface area contributed by atoms with Crippen molar-refractivity contribution in [2.75, 3.05) is 6.26 Å². The van der Waals surface area contributed by atoms with Crippen molar-refractivity contribution in [3.05, 3.63) is 29.8 Å². The highest BCUT2D eigenvalue weighted by atomic mass is 32.2. The van der Waals surface area contributed by atoms with E-state index < -0.39 is 0 Å². The Morgan fingerprint density at radius 2 is 2.00 bits per heavy atom. The average Bonchev–Trinajstić information content (AvgIpc) is 2.26. The lowest BCUT2D eigenvalue weighted by molar-refractivity contribution is 1.19. The number of thioether (sulfide) groups is 1. The maximum Gasteiger partial charge on any atom is 0.211 e. The Morgan fingerprint density at radius 1 is 1.27 bits per heavy atom. The Kier molecular flexibility index (Phi) is 4.17. The summed E-state index contributed by atoms with van der Waals surface area (Å²) < 4.78 is 0. The molecule has 0 radical (unpaired) electrons. The normalized spacial score (nSPS) is 11.2. The Morgan fingerprint density at radius 3 is 2.60 bits per heavy atom. The first-order valence-electron chi connectivity index (χ1n) is 4.41. The zero-order chi connectivity index (χ0) is 11.3. The first-order chi connectivity index (χ1) is 7.13. The molecule has 1 aromatic carbocycles. The number of rotatable bonds is 3. The van der Waals surface area contributed by atoms with Gasteiger partial charge in [-0.2, -0.15) is 5.10 Å². The Balaban J connectivity index is 2.95. The van der Waals surface area contributed by atoms with Crippen molar-refractivity contribution in [1.82, 2.24) is 0 Å². The molecule has 4 N–H and O–H groups in total. The summed E-state index contributed by atoms with van der Waals surface area (Å²) >= 11 is 1.68. The topological polar surface area (TPSA) is 76.8 Å². The van der Waals surface area contributed by atoms with Gasteiger partial charge in [0.05, 0.1) is 5.71 Å². The summed E-state index contributed by atoms with van der Waals surface area (Å²) in [6.45, 7) is 1.87. The van der Waals surface area contributed by atoms with E-state index in [0.717, 1.165) is 11.3 Å². The Labute approximate surface area is 93.5 Å². The van der Waals surface area contributed by atoms with Gasteiger partial charge in [0, 0.05) is 4.90 Å². The molecule has 0 aromatic heterocycles. The van der Waals surface area contributed by atoms with E-state index in [2.05, 4.69) is 10.2 Å². The molecule has 0 spiro atoms. The van der Waals surface area contributed by atoms with Crippen molar-refractivity contribution in [3.63, 3.8) is 0 Å². The predicted molar refractivity (Wildman–Crippen MR) is 66.2 cm³/mol. The summed E-state index contributed by atoms with van der Waals surface area (Å²) in [5.41, 5.74) is 12.2. The third kappa shape index (κ3) is 3.63. The second-order valence-electron chi connectivity index (χ2n) is 2.94. The number of nitrogens with zero attached hydrogens (tertiary/aromatic N) is 2. The number of hydrogen-bond donors (Lipinski definition) is 2. The number of hydrogen-bond acceptors (Lipinski definition) is 3. The van der Waals surface area contributed by atoms with Gasteiger partial charge in [0.1, 0.15) is 0 Å². The zero-order valence-electron chi connectivity index (χ0n) is 8.77. The van der Waals surface area contributed by atoms with E-state index in [1.54, 1.807) is 11.8 Å². The molecule has 4 nitrogen and oxygen atoms in total. The minimum atomic E-state index is -0.0321. The van der Waals surface area contributed by atoms with Crippen LogP contribution in [0, 0.1) is 0 Å². The van der Waals surface area contributed by atoms with Crippen molar-refractivity contribution in [3.8, 4) is 0 Å². The largest absolute Gasteiger partial charge is 0.369 e. The summed E-state index contributed by atoms with van der Waals surface area (Å²) in [5.74, 6) is -0.0321. The van der Waals surface area contributed by atoms with Crippen molar-refractivity contribution in [2.24, 2.45) is 21.7 Å². The van der Waals surface area contributed by atoms with Crippen LogP contribution >= 0.6 is 11.8 Å². The molecule has 0 aliphatic rings. The third-order valence-corrected chi connectivity index (χ3v) is 2.53.